The van der Waals surface area contributed by atoms with E-state index in [1.165, 1.54) is 11.6 Å². The third kappa shape index (κ3) is 3.80. The van der Waals surface area contributed by atoms with E-state index in [9.17, 15) is 4.39 Å². The quantitative estimate of drug-likeness (QED) is 0.813. The summed E-state index contributed by atoms with van der Waals surface area (Å²) in [6.45, 7) is 1.62. The van der Waals surface area contributed by atoms with Crippen LogP contribution in [0.4, 0.5) is 4.39 Å². The van der Waals surface area contributed by atoms with Crippen LogP contribution in [0.2, 0.25) is 5.02 Å². The van der Waals surface area contributed by atoms with Gasteiger partial charge in [0, 0.05) is 6.54 Å². The van der Waals surface area contributed by atoms with Gasteiger partial charge in [-0.25, -0.2) is 4.39 Å². The first kappa shape index (κ1) is 12.6. The first-order chi connectivity index (χ1) is 8.25. The summed E-state index contributed by atoms with van der Waals surface area (Å²) in [6, 6.07) is 6.94. The van der Waals surface area contributed by atoms with Crippen LogP contribution in [0.1, 0.15) is 11.1 Å². The summed E-state index contributed by atoms with van der Waals surface area (Å²) >= 11 is 7.42. The minimum Gasteiger partial charge on any atom is -0.312 e. The van der Waals surface area contributed by atoms with Crippen molar-refractivity contribution in [2.24, 2.45) is 0 Å². The number of nitrogens with one attached hydrogen (secondary N) is 1. The highest BCUT2D eigenvalue weighted by Gasteiger charge is 2.00. The summed E-state index contributed by atoms with van der Waals surface area (Å²) in [7, 11) is 0. The van der Waals surface area contributed by atoms with Crippen LogP contribution in [0, 0.1) is 5.82 Å². The predicted molar refractivity (Wildman–Crippen MR) is 71.1 cm³/mol. The normalized spacial score (nSPS) is 10.7. The molecule has 2 rings (SSSR count). The Bertz CT molecular complexity index is 470. The van der Waals surface area contributed by atoms with Gasteiger partial charge in [-0.1, -0.05) is 17.7 Å². The van der Waals surface area contributed by atoms with E-state index in [0.717, 1.165) is 18.5 Å². The summed E-state index contributed by atoms with van der Waals surface area (Å²) in [5.74, 6) is -0.367. The van der Waals surface area contributed by atoms with E-state index < -0.39 is 0 Å². The van der Waals surface area contributed by atoms with Crippen LogP contribution in [-0.4, -0.2) is 6.54 Å². The largest absolute Gasteiger partial charge is 0.312 e. The Morgan fingerprint density at radius 3 is 2.82 bits per heavy atom. The molecular formula is C13H13ClFNS. The molecule has 0 atom stereocenters. The molecule has 0 aliphatic rings. The average Bonchev–Trinajstić information content (AvgIpc) is 2.82. The van der Waals surface area contributed by atoms with Crippen LogP contribution in [-0.2, 0) is 13.0 Å². The Morgan fingerprint density at radius 2 is 2.12 bits per heavy atom. The van der Waals surface area contributed by atoms with Gasteiger partial charge in [0.2, 0.25) is 0 Å². The van der Waals surface area contributed by atoms with Gasteiger partial charge in [-0.15, -0.1) is 0 Å². The average molecular weight is 270 g/mol. The summed E-state index contributed by atoms with van der Waals surface area (Å²) in [5, 5.41) is 7.72. The van der Waals surface area contributed by atoms with Crippen molar-refractivity contribution in [1.82, 2.24) is 5.32 Å². The topological polar surface area (TPSA) is 12.0 Å². The molecule has 0 saturated carbocycles. The standard InChI is InChI=1S/C13H13ClFNS/c14-12-7-11(1-2-13(12)15)8-16-5-3-10-4-6-17-9-10/h1-2,4,6-7,9,16H,3,5,8H2. The molecule has 0 aliphatic carbocycles. The zero-order chi connectivity index (χ0) is 12.1. The molecule has 0 fully saturated rings. The van der Waals surface area contributed by atoms with E-state index in [1.807, 2.05) is 0 Å². The second kappa shape index (κ2) is 6.15. The molecule has 0 saturated heterocycles. The summed E-state index contributed by atoms with van der Waals surface area (Å²) in [6.07, 6.45) is 1.01. The Balaban J connectivity index is 1.76. The van der Waals surface area contributed by atoms with Crippen molar-refractivity contribution in [2.45, 2.75) is 13.0 Å². The third-order valence-corrected chi connectivity index (χ3v) is 3.51. The van der Waals surface area contributed by atoms with E-state index in [0.29, 0.717) is 6.54 Å². The molecule has 1 nitrogen and oxygen atoms in total. The zero-order valence-electron chi connectivity index (χ0n) is 9.25. The van der Waals surface area contributed by atoms with Crippen LogP contribution in [0.5, 0.6) is 0 Å². The monoisotopic (exact) mass is 269 g/mol. The van der Waals surface area contributed by atoms with Gasteiger partial charge in [0.15, 0.2) is 0 Å². The summed E-state index contributed by atoms with van der Waals surface area (Å²) < 4.78 is 12.9. The van der Waals surface area contributed by atoms with Crippen molar-refractivity contribution in [2.75, 3.05) is 6.54 Å². The van der Waals surface area contributed by atoms with Gasteiger partial charge in [-0.05, 0) is 53.1 Å². The lowest BCUT2D eigenvalue weighted by molar-refractivity contribution is 0.625. The number of hydrogen-bond acceptors (Lipinski definition) is 2. The van der Waals surface area contributed by atoms with Crippen molar-refractivity contribution in [3.05, 3.63) is 57.0 Å². The van der Waals surface area contributed by atoms with E-state index >= 15 is 0 Å². The van der Waals surface area contributed by atoms with Gasteiger partial charge in [0.1, 0.15) is 5.82 Å². The van der Waals surface area contributed by atoms with Crippen LogP contribution in [0.25, 0.3) is 0 Å². The van der Waals surface area contributed by atoms with E-state index in [1.54, 1.807) is 23.5 Å². The van der Waals surface area contributed by atoms with Crippen molar-refractivity contribution in [3.8, 4) is 0 Å². The molecule has 1 aromatic carbocycles. The lowest BCUT2D eigenvalue weighted by atomic mass is 10.2. The number of thiophene rings is 1. The maximum atomic E-state index is 12.9. The Kier molecular flexibility index (Phi) is 4.54. The lowest BCUT2D eigenvalue weighted by Gasteiger charge is -2.05. The molecule has 0 aliphatic heterocycles. The molecule has 2 aromatic rings. The zero-order valence-corrected chi connectivity index (χ0v) is 10.8. The van der Waals surface area contributed by atoms with Crippen molar-refractivity contribution < 1.29 is 4.39 Å². The van der Waals surface area contributed by atoms with E-state index in [-0.39, 0.29) is 10.8 Å². The first-order valence-electron chi connectivity index (χ1n) is 5.41. The molecule has 1 N–H and O–H groups in total. The molecule has 17 heavy (non-hydrogen) atoms. The smallest absolute Gasteiger partial charge is 0.141 e. The number of hydrogen-bond donors (Lipinski definition) is 1. The maximum absolute atomic E-state index is 12.9. The molecule has 1 aromatic heterocycles. The Hall–Kier alpha value is -0.900. The van der Waals surface area contributed by atoms with Gasteiger partial charge < -0.3 is 5.32 Å². The summed E-state index contributed by atoms with van der Waals surface area (Å²) in [4.78, 5) is 0. The van der Waals surface area contributed by atoms with Gasteiger partial charge in [0.05, 0.1) is 5.02 Å². The highest BCUT2D eigenvalue weighted by Crippen LogP contribution is 2.15. The number of rotatable bonds is 5. The SMILES string of the molecule is Fc1ccc(CNCCc2ccsc2)cc1Cl. The maximum Gasteiger partial charge on any atom is 0.141 e. The third-order valence-electron chi connectivity index (χ3n) is 2.48. The van der Waals surface area contributed by atoms with Crippen molar-refractivity contribution in [3.63, 3.8) is 0 Å². The fourth-order valence-electron chi connectivity index (χ4n) is 1.55. The molecular weight excluding hydrogens is 257 g/mol. The van der Waals surface area contributed by atoms with Crippen LogP contribution in [0.15, 0.2) is 35.0 Å². The Labute approximate surface area is 109 Å². The van der Waals surface area contributed by atoms with Gasteiger partial charge in [-0.2, -0.15) is 11.3 Å². The molecule has 90 valence electrons. The van der Waals surface area contributed by atoms with E-state index in [2.05, 4.69) is 22.1 Å². The van der Waals surface area contributed by atoms with Crippen LogP contribution < -0.4 is 5.32 Å². The number of halogens is 2. The molecule has 0 spiro atoms. The van der Waals surface area contributed by atoms with Crippen LogP contribution in [0.3, 0.4) is 0 Å². The van der Waals surface area contributed by atoms with Gasteiger partial charge in [0.25, 0.3) is 0 Å². The summed E-state index contributed by atoms with van der Waals surface area (Å²) in [5.41, 5.74) is 2.35. The second-order valence-electron chi connectivity index (χ2n) is 3.81. The second-order valence-corrected chi connectivity index (χ2v) is 4.99. The highest BCUT2D eigenvalue weighted by molar-refractivity contribution is 7.07. The fourth-order valence-corrected chi connectivity index (χ4v) is 2.46. The molecule has 0 amide bonds. The molecule has 0 unspecified atom stereocenters. The minimum absolute atomic E-state index is 0.183. The minimum atomic E-state index is -0.367. The Morgan fingerprint density at radius 1 is 1.24 bits per heavy atom. The first-order valence-corrected chi connectivity index (χ1v) is 6.73. The fraction of sp³-hybridized carbons (Fsp3) is 0.231. The van der Waals surface area contributed by atoms with Gasteiger partial charge in [-0.3, -0.25) is 0 Å². The highest BCUT2D eigenvalue weighted by atomic mass is 35.5. The predicted octanol–water partition coefficient (Wildman–Crippen LogP) is 3.87. The molecule has 4 heteroatoms. The molecule has 0 bridgehead atoms. The van der Waals surface area contributed by atoms with Crippen molar-refractivity contribution in [1.29, 1.82) is 0 Å². The van der Waals surface area contributed by atoms with Crippen molar-refractivity contribution >= 4 is 22.9 Å². The number of benzene rings is 1. The molecule has 1 heterocycles. The molecule has 0 radical (unpaired) electrons. The van der Waals surface area contributed by atoms with E-state index in [4.69, 9.17) is 11.6 Å². The lowest BCUT2D eigenvalue weighted by Crippen LogP contribution is -2.16. The van der Waals surface area contributed by atoms with Crippen LogP contribution >= 0.6 is 22.9 Å². The van der Waals surface area contributed by atoms with Gasteiger partial charge >= 0.3 is 0 Å².